The Bertz CT molecular complexity index is 1240. The van der Waals surface area contributed by atoms with Crippen molar-refractivity contribution in [3.8, 4) is 5.75 Å². The molecule has 1 aliphatic heterocycles. The van der Waals surface area contributed by atoms with Crippen LogP contribution in [-0.4, -0.2) is 25.0 Å². The molecule has 0 saturated carbocycles. The Labute approximate surface area is 193 Å². The molecule has 0 unspecified atom stereocenters. The lowest BCUT2D eigenvalue weighted by Crippen LogP contribution is -2.54. The summed E-state index contributed by atoms with van der Waals surface area (Å²) in [6, 6.07) is 21.1. The first-order valence-electron chi connectivity index (χ1n) is 9.85. The summed E-state index contributed by atoms with van der Waals surface area (Å²) in [5.74, 6) is -0.778. The van der Waals surface area contributed by atoms with Crippen molar-refractivity contribution in [1.82, 2.24) is 5.32 Å². The molecular formula is C25H19BrN2O4. The van der Waals surface area contributed by atoms with Gasteiger partial charge in [0.05, 0.1) is 12.8 Å². The fourth-order valence-corrected chi connectivity index (χ4v) is 3.90. The number of nitrogens with zero attached hydrogens (tertiary/aromatic N) is 1. The molecule has 32 heavy (non-hydrogen) atoms. The van der Waals surface area contributed by atoms with Crippen molar-refractivity contribution in [2.45, 2.75) is 6.42 Å². The number of rotatable bonds is 5. The number of methoxy groups -OCH3 is 1. The molecule has 7 heteroatoms. The van der Waals surface area contributed by atoms with Gasteiger partial charge in [0.2, 0.25) is 0 Å². The third-order valence-corrected chi connectivity index (χ3v) is 5.85. The number of para-hydroxylation sites is 1. The van der Waals surface area contributed by atoms with Gasteiger partial charge >= 0.3 is 6.03 Å². The highest BCUT2D eigenvalue weighted by atomic mass is 79.9. The van der Waals surface area contributed by atoms with Crippen LogP contribution in [0.4, 0.5) is 10.5 Å². The Morgan fingerprint density at radius 1 is 0.938 bits per heavy atom. The Morgan fingerprint density at radius 3 is 2.38 bits per heavy atom. The lowest BCUT2D eigenvalue weighted by molar-refractivity contribution is -0.122. The monoisotopic (exact) mass is 490 g/mol. The maximum absolute atomic E-state index is 13.0. The Hall–Kier alpha value is -3.71. The van der Waals surface area contributed by atoms with Crippen LogP contribution < -0.4 is 15.0 Å². The van der Waals surface area contributed by atoms with Gasteiger partial charge in [-0.3, -0.25) is 14.9 Å². The lowest BCUT2D eigenvalue weighted by atomic mass is 10.0. The molecular weight excluding hydrogens is 472 g/mol. The molecule has 0 aromatic heterocycles. The number of hydrogen-bond donors (Lipinski definition) is 1. The topological polar surface area (TPSA) is 75.7 Å². The van der Waals surface area contributed by atoms with Crippen LogP contribution in [0.25, 0.3) is 6.08 Å². The molecule has 0 aliphatic carbocycles. The molecule has 0 radical (unpaired) electrons. The summed E-state index contributed by atoms with van der Waals surface area (Å²) in [5.41, 5.74) is 2.93. The SMILES string of the molecule is COc1cc(/C=C2\C(=O)NC(=O)N(c3ccccc3)C2=O)ccc1Cc1ccccc1Br. The van der Waals surface area contributed by atoms with Crippen molar-refractivity contribution in [3.05, 3.63) is 99.5 Å². The van der Waals surface area contributed by atoms with E-state index >= 15 is 0 Å². The summed E-state index contributed by atoms with van der Waals surface area (Å²) >= 11 is 3.56. The second-order valence-electron chi connectivity index (χ2n) is 7.13. The number of amides is 4. The maximum Gasteiger partial charge on any atom is 0.335 e. The van der Waals surface area contributed by atoms with Crippen molar-refractivity contribution in [1.29, 1.82) is 0 Å². The van der Waals surface area contributed by atoms with E-state index in [0.29, 0.717) is 23.4 Å². The van der Waals surface area contributed by atoms with Crippen LogP contribution in [0.15, 0.2) is 82.8 Å². The van der Waals surface area contributed by atoms with E-state index in [0.717, 1.165) is 20.5 Å². The normalized spacial score (nSPS) is 15.1. The minimum absolute atomic E-state index is 0.131. The summed E-state index contributed by atoms with van der Waals surface area (Å²) < 4.78 is 6.56. The molecule has 4 rings (SSSR count). The van der Waals surface area contributed by atoms with Gasteiger partial charge in [0.25, 0.3) is 11.8 Å². The zero-order valence-electron chi connectivity index (χ0n) is 17.2. The van der Waals surface area contributed by atoms with Crippen molar-refractivity contribution in [3.63, 3.8) is 0 Å². The fourth-order valence-electron chi connectivity index (χ4n) is 3.48. The van der Waals surface area contributed by atoms with Crippen LogP contribution in [0.5, 0.6) is 5.75 Å². The first-order valence-corrected chi connectivity index (χ1v) is 10.6. The number of barbiturate groups is 1. The molecule has 6 nitrogen and oxygen atoms in total. The minimum atomic E-state index is -0.773. The predicted octanol–water partition coefficient (Wildman–Crippen LogP) is 4.71. The molecule has 1 N–H and O–H groups in total. The maximum atomic E-state index is 13.0. The van der Waals surface area contributed by atoms with Gasteiger partial charge in [-0.05, 0) is 47.0 Å². The van der Waals surface area contributed by atoms with Gasteiger partial charge in [-0.15, -0.1) is 0 Å². The highest BCUT2D eigenvalue weighted by molar-refractivity contribution is 9.10. The van der Waals surface area contributed by atoms with Crippen LogP contribution in [0.3, 0.4) is 0 Å². The van der Waals surface area contributed by atoms with Crippen molar-refractivity contribution in [2.75, 3.05) is 12.0 Å². The van der Waals surface area contributed by atoms with Gasteiger partial charge in [0.1, 0.15) is 11.3 Å². The largest absolute Gasteiger partial charge is 0.496 e. The summed E-state index contributed by atoms with van der Waals surface area (Å²) in [4.78, 5) is 38.6. The number of ether oxygens (including phenoxy) is 1. The lowest BCUT2D eigenvalue weighted by Gasteiger charge is -2.26. The van der Waals surface area contributed by atoms with Crippen LogP contribution in [0.2, 0.25) is 0 Å². The van der Waals surface area contributed by atoms with Gasteiger partial charge < -0.3 is 4.74 Å². The zero-order valence-corrected chi connectivity index (χ0v) is 18.8. The molecule has 4 amide bonds. The van der Waals surface area contributed by atoms with Gasteiger partial charge in [-0.25, -0.2) is 9.69 Å². The molecule has 3 aromatic carbocycles. The van der Waals surface area contributed by atoms with Gasteiger partial charge in [0.15, 0.2) is 0 Å². The van der Waals surface area contributed by atoms with Crippen molar-refractivity contribution >= 4 is 45.5 Å². The van der Waals surface area contributed by atoms with E-state index in [1.807, 2.05) is 36.4 Å². The Morgan fingerprint density at radius 2 is 1.66 bits per heavy atom. The second kappa shape index (κ2) is 9.20. The smallest absolute Gasteiger partial charge is 0.335 e. The number of halogens is 1. The quantitative estimate of drug-likeness (QED) is 0.414. The first-order chi connectivity index (χ1) is 15.5. The number of carbonyl (C=O) groups is 3. The molecule has 0 spiro atoms. The molecule has 160 valence electrons. The average Bonchev–Trinajstić information content (AvgIpc) is 2.79. The van der Waals surface area contributed by atoms with Crippen LogP contribution >= 0.6 is 15.9 Å². The molecule has 0 atom stereocenters. The molecule has 3 aromatic rings. The molecule has 1 aliphatic rings. The number of imide groups is 2. The first kappa shape index (κ1) is 21.5. The van der Waals surface area contributed by atoms with Crippen LogP contribution in [0.1, 0.15) is 16.7 Å². The second-order valence-corrected chi connectivity index (χ2v) is 7.99. The van der Waals surface area contributed by atoms with Gasteiger partial charge in [-0.2, -0.15) is 0 Å². The van der Waals surface area contributed by atoms with Crippen LogP contribution in [0, 0.1) is 0 Å². The number of urea groups is 1. The van der Waals surface area contributed by atoms with E-state index in [-0.39, 0.29) is 5.57 Å². The number of hydrogen-bond acceptors (Lipinski definition) is 4. The van der Waals surface area contributed by atoms with Crippen LogP contribution in [-0.2, 0) is 16.0 Å². The third-order valence-electron chi connectivity index (χ3n) is 5.08. The van der Waals surface area contributed by atoms with E-state index in [1.54, 1.807) is 43.5 Å². The van der Waals surface area contributed by atoms with E-state index in [1.165, 1.54) is 6.08 Å². The van der Waals surface area contributed by atoms with E-state index in [2.05, 4.69) is 21.2 Å². The third kappa shape index (κ3) is 4.33. The molecule has 1 fully saturated rings. The zero-order chi connectivity index (χ0) is 22.7. The highest BCUT2D eigenvalue weighted by Gasteiger charge is 2.36. The van der Waals surface area contributed by atoms with Crippen molar-refractivity contribution in [2.24, 2.45) is 0 Å². The predicted molar refractivity (Wildman–Crippen MR) is 125 cm³/mol. The van der Waals surface area contributed by atoms with Gasteiger partial charge in [-0.1, -0.05) is 64.5 Å². The molecule has 1 saturated heterocycles. The summed E-state index contributed by atoms with van der Waals surface area (Å²) in [5, 5.41) is 2.23. The van der Waals surface area contributed by atoms with E-state index < -0.39 is 17.8 Å². The fraction of sp³-hybridized carbons (Fsp3) is 0.0800. The summed E-state index contributed by atoms with van der Waals surface area (Å²) in [6.45, 7) is 0. The number of nitrogens with one attached hydrogen (secondary N) is 1. The number of anilines is 1. The van der Waals surface area contributed by atoms with E-state index in [9.17, 15) is 14.4 Å². The Balaban J connectivity index is 1.66. The molecule has 0 bridgehead atoms. The standard InChI is InChI=1S/C25H19BrN2O4/c1-32-22-14-16(11-12-18(22)15-17-7-5-6-10-21(17)26)13-20-23(29)27-25(31)28(24(20)30)19-8-3-2-4-9-19/h2-14H,15H2,1H3,(H,27,29,31)/b20-13+. The summed E-state index contributed by atoms with van der Waals surface area (Å²) in [6.07, 6.45) is 2.11. The van der Waals surface area contributed by atoms with Crippen molar-refractivity contribution < 1.29 is 19.1 Å². The average molecular weight is 491 g/mol. The molecule has 1 heterocycles. The number of benzene rings is 3. The highest BCUT2D eigenvalue weighted by Crippen LogP contribution is 2.28. The minimum Gasteiger partial charge on any atom is -0.496 e. The van der Waals surface area contributed by atoms with E-state index in [4.69, 9.17) is 4.74 Å². The van der Waals surface area contributed by atoms with Gasteiger partial charge in [0, 0.05) is 10.9 Å². The summed E-state index contributed by atoms with van der Waals surface area (Å²) in [7, 11) is 1.57. The Kier molecular flexibility index (Phi) is 6.18. The number of carbonyl (C=O) groups excluding carboxylic acids is 3.